The highest BCUT2D eigenvalue weighted by atomic mass is 35.5. The van der Waals surface area contributed by atoms with Crippen molar-refractivity contribution in [3.8, 4) is 0 Å². The molecule has 0 bridgehead atoms. The number of carbonyl (C=O) groups is 2. The smallest absolute Gasteiger partial charge is 0.256 e. The second-order valence-electron chi connectivity index (χ2n) is 5.92. The molecule has 1 N–H and O–H groups in total. The van der Waals surface area contributed by atoms with Gasteiger partial charge in [0.1, 0.15) is 0 Å². The minimum absolute atomic E-state index is 0.0951. The number of carbonyl (C=O) groups excluding carboxylic acids is 2. The largest absolute Gasteiger partial charge is 0.339 e. The monoisotopic (exact) mass is 354 g/mol. The maximum absolute atomic E-state index is 12.7. The highest BCUT2D eigenvalue weighted by Gasteiger charge is 2.22. The van der Waals surface area contributed by atoms with Gasteiger partial charge in [-0.2, -0.15) is 0 Å². The number of likely N-dealkylation sites (tertiary alicyclic amines) is 1. The van der Waals surface area contributed by atoms with Gasteiger partial charge in [0.05, 0.1) is 11.3 Å². The first-order valence-corrected chi connectivity index (χ1v) is 8.64. The van der Waals surface area contributed by atoms with Crippen molar-refractivity contribution in [3.05, 3.63) is 70.8 Å². The van der Waals surface area contributed by atoms with Gasteiger partial charge in [0.25, 0.3) is 5.91 Å². The van der Waals surface area contributed by atoms with Gasteiger partial charge in [-0.15, -0.1) is 0 Å². The minimum atomic E-state index is -0.290. The lowest BCUT2D eigenvalue weighted by molar-refractivity contribution is -0.111. The highest BCUT2D eigenvalue weighted by molar-refractivity contribution is 6.31. The molecule has 1 aliphatic heterocycles. The summed E-state index contributed by atoms with van der Waals surface area (Å²) in [6.45, 7) is 1.49. The number of benzene rings is 2. The van der Waals surface area contributed by atoms with Crippen LogP contribution in [-0.2, 0) is 4.79 Å². The molecule has 1 fully saturated rings. The number of hydrogen-bond acceptors (Lipinski definition) is 2. The average Bonchev–Trinajstić information content (AvgIpc) is 3.16. The number of rotatable bonds is 4. The third kappa shape index (κ3) is 4.48. The summed E-state index contributed by atoms with van der Waals surface area (Å²) in [4.78, 5) is 26.7. The molecule has 3 rings (SSSR count). The maximum atomic E-state index is 12.7. The number of anilines is 1. The SMILES string of the molecule is O=C(C=Cc1ccccc1)Nc1ccc(Cl)cc1C(=O)N1CCCC1. The number of amides is 2. The fourth-order valence-electron chi connectivity index (χ4n) is 2.80. The standard InChI is InChI=1S/C20H19ClN2O2/c21-16-9-10-18(17(14-16)20(25)23-12-4-5-13-23)22-19(24)11-8-15-6-2-1-3-7-15/h1-3,6-11,14H,4-5,12-13H2,(H,22,24). The fraction of sp³-hybridized carbons (Fsp3) is 0.200. The number of hydrogen-bond donors (Lipinski definition) is 1. The zero-order chi connectivity index (χ0) is 17.6. The molecule has 0 spiro atoms. The van der Waals surface area contributed by atoms with E-state index in [0.29, 0.717) is 16.3 Å². The Kier molecular flexibility index (Phi) is 5.51. The lowest BCUT2D eigenvalue weighted by Crippen LogP contribution is -2.28. The lowest BCUT2D eigenvalue weighted by Gasteiger charge is -2.18. The van der Waals surface area contributed by atoms with Gasteiger partial charge in [0, 0.05) is 24.2 Å². The molecule has 0 aliphatic carbocycles. The average molecular weight is 355 g/mol. The molecule has 25 heavy (non-hydrogen) atoms. The van der Waals surface area contributed by atoms with E-state index in [2.05, 4.69) is 5.32 Å². The van der Waals surface area contributed by atoms with Crippen LogP contribution < -0.4 is 5.32 Å². The summed E-state index contributed by atoms with van der Waals surface area (Å²) >= 11 is 6.05. The van der Waals surface area contributed by atoms with E-state index in [-0.39, 0.29) is 11.8 Å². The van der Waals surface area contributed by atoms with Crippen LogP contribution in [0.1, 0.15) is 28.8 Å². The molecule has 1 saturated heterocycles. The second kappa shape index (κ2) is 7.99. The Hall–Kier alpha value is -2.59. The van der Waals surface area contributed by atoms with E-state index in [9.17, 15) is 9.59 Å². The molecule has 4 nitrogen and oxygen atoms in total. The Balaban J connectivity index is 1.76. The Morgan fingerprint density at radius 2 is 1.76 bits per heavy atom. The predicted octanol–water partition coefficient (Wildman–Crippen LogP) is 4.23. The topological polar surface area (TPSA) is 49.4 Å². The zero-order valence-electron chi connectivity index (χ0n) is 13.7. The van der Waals surface area contributed by atoms with E-state index in [1.807, 2.05) is 30.3 Å². The van der Waals surface area contributed by atoms with Crippen LogP contribution in [0.3, 0.4) is 0 Å². The first-order chi connectivity index (χ1) is 12.1. The van der Waals surface area contributed by atoms with Crippen LogP contribution in [0.5, 0.6) is 0 Å². The third-order valence-corrected chi connectivity index (χ3v) is 4.32. The van der Waals surface area contributed by atoms with Crippen molar-refractivity contribution in [2.24, 2.45) is 0 Å². The Morgan fingerprint density at radius 3 is 2.48 bits per heavy atom. The quantitative estimate of drug-likeness (QED) is 0.835. The van der Waals surface area contributed by atoms with Crippen LogP contribution in [0.15, 0.2) is 54.6 Å². The van der Waals surface area contributed by atoms with Crippen molar-refractivity contribution < 1.29 is 9.59 Å². The van der Waals surface area contributed by atoms with Gasteiger partial charge in [-0.05, 0) is 42.7 Å². The van der Waals surface area contributed by atoms with E-state index in [1.54, 1.807) is 29.2 Å². The number of nitrogens with one attached hydrogen (secondary N) is 1. The fourth-order valence-corrected chi connectivity index (χ4v) is 2.98. The summed E-state index contributed by atoms with van der Waals surface area (Å²) in [5.74, 6) is -0.385. The van der Waals surface area contributed by atoms with E-state index < -0.39 is 0 Å². The van der Waals surface area contributed by atoms with Crippen molar-refractivity contribution in [2.45, 2.75) is 12.8 Å². The molecule has 0 saturated carbocycles. The van der Waals surface area contributed by atoms with E-state index in [4.69, 9.17) is 11.6 Å². The van der Waals surface area contributed by atoms with Crippen LogP contribution >= 0.6 is 11.6 Å². The molecule has 0 aromatic heterocycles. The molecular formula is C20H19ClN2O2. The summed E-state index contributed by atoms with van der Waals surface area (Å²) in [5.41, 5.74) is 1.84. The van der Waals surface area contributed by atoms with Gasteiger partial charge in [-0.1, -0.05) is 41.9 Å². The van der Waals surface area contributed by atoms with Gasteiger partial charge >= 0.3 is 0 Å². The molecule has 0 atom stereocenters. The van der Waals surface area contributed by atoms with Gasteiger partial charge in [-0.25, -0.2) is 0 Å². The van der Waals surface area contributed by atoms with Crippen LogP contribution in [0.25, 0.3) is 6.08 Å². The second-order valence-corrected chi connectivity index (χ2v) is 6.36. The predicted molar refractivity (Wildman–Crippen MR) is 101 cm³/mol. The van der Waals surface area contributed by atoms with E-state index >= 15 is 0 Å². The first-order valence-electron chi connectivity index (χ1n) is 8.26. The summed E-state index contributed by atoms with van der Waals surface area (Å²) in [5, 5.41) is 3.25. The molecule has 1 aliphatic rings. The number of nitrogens with zero attached hydrogens (tertiary/aromatic N) is 1. The van der Waals surface area contributed by atoms with Crippen molar-refractivity contribution in [1.29, 1.82) is 0 Å². The van der Waals surface area contributed by atoms with Crippen molar-refractivity contribution >= 4 is 35.2 Å². The van der Waals surface area contributed by atoms with Crippen LogP contribution in [-0.4, -0.2) is 29.8 Å². The normalized spacial score (nSPS) is 14.0. The Labute approximate surface area is 152 Å². The molecule has 1 heterocycles. The molecule has 0 unspecified atom stereocenters. The highest BCUT2D eigenvalue weighted by Crippen LogP contribution is 2.24. The molecule has 0 radical (unpaired) electrons. The minimum Gasteiger partial charge on any atom is -0.339 e. The molecule has 5 heteroatoms. The Bertz CT molecular complexity index is 797. The first kappa shape index (κ1) is 17.2. The maximum Gasteiger partial charge on any atom is 0.256 e. The van der Waals surface area contributed by atoms with Crippen LogP contribution in [0, 0.1) is 0 Å². The summed E-state index contributed by atoms with van der Waals surface area (Å²) in [6, 6.07) is 14.5. The molecule has 128 valence electrons. The van der Waals surface area contributed by atoms with Crippen molar-refractivity contribution in [3.63, 3.8) is 0 Å². The van der Waals surface area contributed by atoms with Crippen molar-refractivity contribution in [2.75, 3.05) is 18.4 Å². The molecular weight excluding hydrogens is 336 g/mol. The van der Waals surface area contributed by atoms with E-state index in [0.717, 1.165) is 31.5 Å². The van der Waals surface area contributed by atoms with Crippen molar-refractivity contribution in [1.82, 2.24) is 4.90 Å². The summed E-state index contributed by atoms with van der Waals surface area (Å²) in [6.07, 6.45) is 5.20. The van der Waals surface area contributed by atoms with Crippen LogP contribution in [0.2, 0.25) is 5.02 Å². The molecule has 2 aromatic carbocycles. The lowest BCUT2D eigenvalue weighted by atomic mass is 10.1. The van der Waals surface area contributed by atoms with Gasteiger partial charge in [-0.3, -0.25) is 9.59 Å². The van der Waals surface area contributed by atoms with Gasteiger partial charge in [0.15, 0.2) is 0 Å². The third-order valence-electron chi connectivity index (χ3n) is 4.09. The van der Waals surface area contributed by atoms with Crippen LogP contribution in [0.4, 0.5) is 5.69 Å². The van der Waals surface area contributed by atoms with Gasteiger partial charge in [0.2, 0.25) is 5.91 Å². The van der Waals surface area contributed by atoms with Gasteiger partial charge < -0.3 is 10.2 Å². The van der Waals surface area contributed by atoms with E-state index in [1.165, 1.54) is 6.08 Å². The number of halogens is 1. The summed E-state index contributed by atoms with van der Waals surface area (Å²) in [7, 11) is 0. The summed E-state index contributed by atoms with van der Waals surface area (Å²) < 4.78 is 0. The molecule has 2 amide bonds. The zero-order valence-corrected chi connectivity index (χ0v) is 14.5. The molecule has 2 aromatic rings. The Morgan fingerprint density at radius 1 is 1.04 bits per heavy atom.